The minimum atomic E-state index is -0.703. The third-order valence-electron chi connectivity index (χ3n) is 4.13. The fourth-order valence-electron chi connectivity index (χ4n) is 2.82. The Bertz CT molecular complexity index is 712. The van der Waals surface area contributed by atoms with E-state index in [1.807, 2.05) is 0 Å². The Kier molecular flexibility index (Phi) is 6.03. The summed E-state index contributed by atoms with van der Waals surface area (Å²) in [5.74, 6) is -1.15. The predicted octanol–water partition coefficient (Wildman–Crippen LogP) is 1.81. The zero-order valence-corrected chi connectivity index (χ0v) is 14.6. The van der Waals surface area contributed by atoms with E-state index in [0.29, 0.717) is 31.6 Å². The van der Waals surface area contributed by atoms with Crippen molar-refractivity contribution in [2.24, 2.45) is 11.7 Å². The maximum atomic E-state index is 12.5. The van der Waals surface area contributed by atoms with Crippen LogP contribution in [-0.4, -0.2) is 42.8 Å². The van der Waals surface area contributed by atoms with Crippen molar-refractivity contribution in [3.63, 3.8) is 0 Å². The van der Waals surface area contributed by atoms with Crippen molar-refractivity contribution >= 4 is 35.0 Å². The van der Waals surface area contributed by atoms with Crippen molar-refractivity contribution in [2.75, 3.05) is 25.5 Å². The molecule has 8 heteroatoms. The minimum Gasteiger partial charge on any atom is -0.494 e. The molecule has 0 radical (unpaired) electrons. The van der Waals surface area contributed by atoms with Crippen LogP contribution in [0.3, 0.4) is 0 Å². The number of rotatable bonds is 5. The smallest absolute Gasteiger partial charge is 0.252 e. The molecule has 1 aromatic carbocycles. The summed E-state index contributed by atoms with van der Waals surface area (Å²) in [4.78, 5) is 37.3. The van der Waals surface area contributed by atoms with Crippen LogP contribution in [0.1, 0.15) is 23.2 Å². The Morgan fingerprint density at radius 3 is 2.52 bits per heavy atom. The van der Waals surface area contributed by atoms with Gasteiger partial charge in [0.1, 0.15) is 0 Å². The number of anilines is 1. The van der Waals surface area contributed by atoms with Gasteiger partial charge >= 0.3 is 0 Å². The molecular weight excluding hydrogens is 346 g/mol. The average molecular weight is 366 g/mol. The van der Waals surface area contributed by atoms with Gasteiger partial charge in [-0.15, -0.1) is 0 Å². The first-order valence-corrected chi connectivity index (χ1v) is 8.14. The monoisotopic (exact) mass is 365 g/mol. The molecule has 1 aliphatic rings. The molecule has 0 atom stereocenters. The van der Waals surface area contributed by atoms with Crippen LogP contribution in [0.5, 0.6) is 5.75 Å². The lowest BCUT2D eigenvalue weighted by molar-refractivity contribution is -0.130. The molecule has 25 heavy (non-hydrogen) atoms. The summed E-state index contributed by atoms with van der Waals surface area (Å²) in [5, 5.41) is 3.01. The van der Waals surface area contributed by atoms with Crippen LogP contribution in [0.25, 0.3) is 0 Å². The van der Waals surface area contributed by atoms with Gasteiger partial charge in [0.15, 0.2) is 5.75 Å². The molecule has 3 amide bonds. The SMILES string of the molecule is C=CC(=O)N1CCC(C(=O)Nc2cc(Cl)cc(C(N)=O)c2OC)CC1. The number of ether oxygens (including phenoxy) is 1. The molecule has 0 saturated carbocycles. The van der Waals surface area contributed by atoms with E-state index in [1.54, 1.807) is 4.90 Å². The normalized spacial score (nSPS) is 14.7. The van der Waals surface area contributed by atoms with Crippen molar-refractivity contribution < 1.29 is 19.1 Å². The number of piperidine rings is 1. The number of hydrogen-bond donors (Lipinski definition) is 2. The van der Waals surface area contributed by atoms with Crippen LogP contribution < -0.4 is 15.8 Å². The Balaban J connectivity index is 2.12. The van der Waals surface area contributed by atoms with Gasteiger partial charge in [-0.05, 0) is 31.1 Å². The van der Waals surface area contributed by atoms with Gasteiger partial charge in [0, 0.05) is 24.0 Å². The summed E-state index contributed by atoms with van der Waals surface area (Å²) in [7, 11) is 1.38. The third kappa shape index (κ3) is 4.30. The maximum Gasteiger partial charge on any atom is 0.252 e. The fraction of sp³-hybridized carbons (Fsp3) is 0.353. The van der Waals surface area contributed by atoms with Crippen molar-refractivity contribution in [3.05, 3.63) is 35.4 Å². The van der Waals surface area contributed by atoms with E-state index in [1.165, 1.54) is 25.3 Å². The Labute approximate surface area is 150 Å². The van der Waals surface area contributed by atoms with Crippen LogP contribution in [0, 0.1) is 5.92 Å². The van der Waals surface area contributed by atoms with E-state index in [-0.39, 0.29) is 34.1 Å². The number of carbonyl (C=O) groups excluding carboxylic acids is 3. The minimum absolute atomic E-state index is 0.0942. The Morgan fingerprint density at radius 2 is 2.00 bits per heavy atom. The topological polar surface area (TPSA) is 102 Å². The molecule has 1 heterocycles. The van der Waals surface area contributed by atoms with E-state index in [0.717, 1.165) is 0 Å². The second-order valence-electron chi connectivity index (χ2n) is 5.69. The van der Waals surface area contributed by atoms with E-state index in [9.17, 15) is 14.4 Å². The zero-order chi connectivity index (χ0) is 18.6. The van der Waals surface area contributed by atoms with E-state index in [2.05, 4.69) is 11.9 Å². The van der Waals surface area contributed by atoms with Gasteiger partial charge in [0.2, 0.25) is 11.8 Å². The third-order valence-corrected chi connectivity index (χ3v) is 4.35. The zero-order valence-electron chi connectivity index (χ0n) is 13.9. The van der Waals surface area contributed by atoms with Gasteiger partial charge in [0.25, 0.3) is 5.91 Å². The molecule has 1 saturated heterocycles. The number of methoxy groups -OCH3 is 1. The molecule has 7 nitrogen and oxygen atoms in total. The number of nitrogens with one attached hydrogen (secondary N) is 1. The van der Waals surface area contributed by atoms with Gasteiger partial charge in [0.05, 0.1) is 18.4 Å². The summed E-state index contributed by atoms with van der Waals surface area (Å²) >= 11 is 5.99. The molecule has 0 aliphatic carbocycles. The number of hydrogen-bond acceptors (Lipinski definition) is 4. The van der Waals surface area contributed by atoms with Gasteiger partial charge in [-0.2, -0.15) is 0 Å². The second kappa shape index (κ2) is 8.02. The van der Waals surface area contributed by atoms with E-state index < -0.39 is 5.91 Å². The molecule has 2 rings (SSSR count). The maximum absolute atomic E-state index is 12.5. The molecular formula is C17H20ClN3O4. The largest absolute Gasteiger partial charge is 0.494 e. The first-order valence-electron chi connectivity index (χ1n) is 7.77. The van der Waals surface area contributed by atoms with Crippen LogP contribution >= 0.6 is 11.6 Å². The van der Waals surface area contributed by atoms with Crippen LogP contribution in [0.15, 0.2) is 24.8 Å². The summed E-state index contributed by atoms with van der Waals surface area (Å²) in [6, 6.07) is 2.89. The molecule has 0 bridgehead atoms. The van der Waals surface area contributed by atoms with E-state index >= 15 is 0 Å². The number of amides is 3. The number of primary amides is 1. The van der Waals surface area contributed by atoms with Crippen LogP contribution in [-0.2, 0) is 9.59 Å². The molecule has 134 valence electrons. The van der Waals surface area contributed by atoms with Crippen molar-refractivity contribution in [1.29, 1.82) is 0 Å². The highest BCUT2D eigenvalue weighted by Crippen LogP contribution is 2.33. The van der Waals surface area contributed by atoms with E-state index in [4.69, 9.17) is 22.1 Å². The highest BCUT2D eigenvalue weighted by molar-refractivity contribution is 6.31. The standard InChI is InChI=1S/C17H20ClN3O4/c1-3-14(22)21-6-4-10(5-7-21)17(24)20-13-9-11(18)8-12(16(19)23)15(13)25-2/h3,8-10H,1,4-7H2,2H3,(H2,19,23)(H,20,24). The Hall–Kier alpha value is -2.54. The first kappa shape index (κ1) is 18.8. The number of benzene rings is 1. The van der Waals surface area contributed by atoms with Gasteiger partial charge in [-0.3, -0.25) is 14.4 Å². The number of nitrogens with zero attached hydrogens (tertiary/aromatic N) is 1. The molecule has 0 spiro atoms. The fourth-order valence-corrected chi connectivity index (χ4v) is 3.03. The number of likely N-dealkylation sites (tertiary alicyclic amines) is 1. The van der Waals surface area contributed by atoms with Crippen molar-refractivity contribution in [2.45, 2.75) is 12.8 Å². The lowest BCUT2D eigenvalue weighted by Gasteiger charge is -2.30. The highest BCUT2D eigenvalue weighted by Gasteiger charge is 2.27. The summed E-state index contributed by atoms with van der Waals surface area (Å²) in [6.45, 7) is 4.44. The molecule has 1 fully saturated rings. The number of halogens is 1. The quantitative estimate of drug-likeness (QED) is 0.777. The molecule has 0 unspecified atom stereocenters. The molecule has 0 aromatic heterocycles. The van der Waals surface area contributed by atoms with Crippen LogP contribution in [0.4, 0.5) is 5.69 Å². The predicted molar refractivity (Wildman–Crippen MR) is 94.7 cm³/mol. The second-order valence-corrected chi connectivity index (χ2v) is 6.13. The average Bonchev–Trinajstić information content (AvgIpc) is 2.60. The summed E-state index contributed by atoms with van der Waals surface area (Å²) in [6.07, 6.45) is 2.34. The number of carbonyl (C=O) groups is 3. The first-order chi connectivity index (χ1) is 11.9. The molecule has 3 N–H and O–H groups in total. The highest BCUT2D eigenvalue weighted by atomic mass is 35.5. The number of nitrogens with two attached hydrogens (primary N) is 1. The Morgan fingerprint density at radius 1 is 1.36 bits per heavy atom. The van der Waals surface area contributed by atoms with Gasteiger partial charge in [-0.25, -0.2) is 0 Å². The van der Waals surface area contributed by atoms with Crippen molar-refractivity contribution in [1.82, 2.24) is 4.90 Å². The lowest BCUT2D eigenvalue weighted by atomic mass is 9.95. The van der Waals surface area contributed by atoms with Crippen molar-refractivity contribution in [3.8, 4) is 5.75 Å². The summed E-state index contributed by atoms with van der Waals surface area (Å²) in [5.41, 5.74) is 5.71. The lowest BCUT2D eigenvalue weighted by Crippen LogP contribution is -2.40. The van der Waals surface area contributed by atoms with Gasteiger partial charge < -0.3 is 20.7 Å². The molecule has 1 aromatic rings. The van der Waals surface area contributed by atoms with Gasteiger partial charge in [-0.1, -0.05) is 18.2 Å². The summed E-state index contributed by atoms with van der Waals surface area (Å²) < 4.78 is 5.21. The molecule has 1 aliphatic heterocycles. The van der Waals surface area contributed by atoms with Crippen LogP contribution in [0.2, 0.25) is 5.02 Å².